The monoisotopic (exact) mass is 394 g/mol. The first kappa shape index (κ1) is 17.5. The maximum absolute atomic E-state index is 12.6. The quantitative estimate of drug-likeness (QED) is 0.470. The summed E-state index contributed by atoms with van der Waals surface area (Å²) in [6.07, 6.45) is 0. The minimum Gasteiger partial charge on any atom is -0.495 e. The van der Waals surface area contributed by atoms with E-state index in [4.69, 9.17) is 16.3 Å². The van der Waals surface area contributed by atoms with Gasteiger partial charge in [-0.15, -0.1) is 11.3 Å². The Balaban J connectivity index is 1.68. The zero-order chi connectivity index (χ0) is 18.8. The number of hydrogen-bond donors (Lipinski definition) is 1. The molecule has 0 atom stereocenters. The van der Waals surface area contributed by atoms with Crippen molar-refractivity contribution >= 4 is 44.7 Å². The lowest BCUT2D eigenvalue weighted by Gasteiger charge is -2.11. The molecule has 0 unspecified atom stereocenters. The summed E-state index contributed by atoms with van der Waals surface area (Å²) in [6, 6.07) is 20.4. The van der Waals surface area contributed by atoms with E-state index >= 15 is 0 Å². The number of aromatic nitrogens is 1. The number of benzene rings is 3. The topological polar surface area (TPSA) is 51.2 Å². The molecule has 0 aliphatic carbocycles. The van der Waals surface area contributed by atoms with Gasteiger partial charge in [0.05, 0.1) is 23.0 Å². The van der Waals surface area contributed by atoms with Gasteiger partial charge >= 0.3 is 0 Å². The number of carbonyl (C=O) groups is 1. The average Bonchev–Trinajstić information content (AvgIpc) is 3.12. The number of fused-ring (bicyclic) bond motifs is 1. The second-order valence-electron chi connectivity index (χ2n) is 5.86. The Morgan fingerprint density at radius 3 is 2.59 bits per heavy atom. The maximum Gasteiger partial charge on any atom is 0.255 e. The SMILES string of the molecule is COc1ccc(-c2nc3ccccc3s2)cc1NC(=O)c1ccc(Cl)cc1. The summed E-state index contributed by atoms with van der Waals surface area (Å²) in [5, 5.41) is 4.39. The van der Waals surface area contributed by atoms with Crippen LogP contribution >= 0.6 is 22.9 Å². The second-order valence-corrected chi connectivity index (χ2v) is 7.33. The molecule has 1 N–H and O–H groups in total. The van der Waals surface area contributed by atoms with Crippen LogP contribution in [0.4, 0.5) is 5.69 Å². The summed E-state index contributed by atoms with van der Waals surface area (Å²) < 4.78 is 6.52. The van der Waals surface area contributed by atoms with Crippen LogP contribution in [0.25, 0.3) is 20.8 Å². The van der Waals surface area contributed by atoms with E-state index in [2.05, 4.69) is 10.3 Å². The van der Waals surface area contributed by atoms with Crippen molar-refractivity contribution in [2.24, 2.45) is 0 Å². The Morgan fingerprint density at radius 2 is 1.85 bits per heavy atom. The molecule has 0 bridgehead atoms. The first-order valence-electron chi connectivity index (χ1n) is 8.25. The fourth-order valence-electron chi connectivity index (χ4n) is 2.73. The zero-order valence-corrected chi connectivity index (χ0v) is 16.0. The highest BCUT2D eigenvalue weighted by Crippen LogP contribution is 2.35. The lowest BCUT2D eigenvalue weighted by Crippen LogP contribution is -2.12. The standard InChI is InChI=1S/C21H15ClN2O2S/c1-26-18-11-8-14(21-24-16-4-2-3-5-19(16)27-21)12-17(18)23-20(25)13-6-9-15(22)10-7-13/h2-12H,1H3,(H,23,25). The summed E-state index contributed by atoms with van der Waals surface area (Å²) in [5.41, 5.74) is 2.99. The minimum absolute atomic E-state index is 0.230. The van der Waals surface area contributed by atoms with Gasteiger partial charge in [-0.25, -0.2) is 4.98 Å². The molecule has 0 aliphatic heterocycles. The van der Waals surface area contributed by atoms with E-state index in [1.54, 1.807) is 42.7 Å². The number of rotatable bonds is 4. The first-order valence-corrected chi connectivity index (χ1v) is 9.44. The highest BCUT2D eigenvalue weighted by molar-refractivity contribution is 7.21. The van der Waals surface area contributed by atoms with Crippen LogP contribution in [-0.4, -0.2) is 18.0 Å². The van der Waals surface area contributed by atoms with Gasteiger partial charge in [0.15, 0.2) is 0 Å². The third-order valence-electron chi connectivity index (χ3n) is 4.09. The molecule has 0 saturated carbocycles. The van der Waals surface area contributed by atoms with Gasteiger partial charge in [-0.2, -0.15) is 0 Å². The second kappa shape index (κ2) is 7.39. The number of nitrogens with one attached hydrogen (secondary N) is 1. The van der Waals surface area contributed by atoms with Crippen molar-refractivity contribution in [3.63, 3.8) is 0 Å². The van der Waals surface area contributed by atoms with Gasteiger partial charge in [-0.1, -0.05) is 23.7 Å². The third kappa shape index (κ3) is 3.65. The van der Waals surface area contributed by atoms with Gasteiger partial charge in [-0.05, 0) is 54.6 Å². The number of carbonyl (C=O) groups excluding carboxylic acids is 1. The van der Waals surface area contributed by atoms with Gasteiger partial charge in [0.2, 0.25) is 0 Å². The Hall–Kier alpha value is -2.89. The highest BCUT2D eigenvalue weighted by Gasteiger charge is 2.13. The van der Waals surface area contributed by atoms with E-state index in [0.29, 0.717) is 22.0 Å². The number of methoxy groups -OCH3 is 1. The van der Waals surface area contributed by atoms with Crippen molar-refractivity contribution in [1.82, 2.24) is 4.98 Å². The summed E-state index contributed by atoms with van der Waals surface area (Å²) in [5.74, 6) is 0.355. The van der Waals surface area contributed by atoms with E-state index in [1.165, 1.54) is 0 Å². The fraction of sp³-hybridized carbons (Fsp3) is 0.0476. The molecule has 1 heterocycles. The van der Waals surface area contributed by atoms with Crippen molar-refractivity contribution in [2.75, 3.05) is 12.4 Å². The Labute approximate surface area is 165 Å². The lowest BCUT2D eigenvalue weighted by molar-refractivity contribution is 0.102. The number of para-hydroxylation sites is 1. The van der Waals surface area contributed by atoms with Crippen LogP contribution < -0.4 is 10.1 Å². The van der Waals surface area contributed by atoms with E-state index in [1.807, 2.05) is 42.5 Å². The molecule has 1 amide bonds. The van der Waals surface area contributed by atoms with Crippen LogP contribution in [0, 0.1) is 0 Å². The smallest absolute Gasteiger partial charge is 0.255 e. The molecule has 27 heavy (non-hydrogen) atoms. The summed E-state index contributed by atoms with van der Waals surface area (Å²) in [6.45, 7) is 0. The predicted octanol–water partition coefficient (Wildman–Crippen LogP) is 5.88. The van der Waals surface area contributed by atoms with Gasteiger partial charge in [0, 0.05) is 16.1 Å². The minimum atomic E-state index is -0.230. The number of hydrogen-bond acceptors (Lipinski definition) is 4. The van der Waals surface area contributed by atoms with Gasteiger partial charge in [0.25, 0.3) is 5.91 Å². The van der Waals surface area contributed by atoms with Crippen LogP contribution in [0.1, 0.15) is 10.4 Å². The molecule has 0 fully saturated rings. The maximum atomic E-state index is 12.6. The molecule has 0 spiro atoms. The molecule has 1 aromatic heterocycles. The average molecular weight is 395 g/mol. The van der Waals surface area contributed by atoms with Crippen molar-refractivity contribution in [2.45, 2.75) is 0 Å². The molecule has 0 aliphatic rings. The van der Waals surface area contributed by atoms with Gasteiger partial charge in [0.1, 0.15) is 10.8 Å². The van der Waals surface area contributed by atoms with Gasteiger partial charge in [-0.3, -0.25) is 4.79 Å². The number of halogens is 1. The fourth-order valence-corrected chi connectivity index (χ4v) is 3.82. The number of nitrogens with zero attached hydrogens (tertiary/aromatic N) is 1. The number of thiazole rings is 1. The van der Waals surface area contributed by atoms with Crippen molar-refractivity contribution in [3.8, 4) is 16.3 Å². The third-order valence-corrected chi connectivity index (χ3v) is 5.43. The van der Waals surface area contributed by atoms with Crippen molar-refractivity contribution in [3.05, 3.63) is 77.3 Å². The number of amides is 1. The number of ether oxygens (including phenoxy) is 1. The van der Waals surface area contributed by atoms with E-state index in [-0.39, 0.29) is 5.91 Å². The molecule has 4 rings (SSSR count). The molecule has 6 heteroatoms. The Morgan fingerprint density at radius 1 is 1.07 bits per heavy atom. The molecule has 3 aromatic carbocycles. The van der Waals surface area contributed by atoms with Crippen LogP contribution in [-0.2, 0) is 0 Å². The van der Waals surface area contributed by atoms with Crippen LogP contribution in [0.5, 0.6) is 5.75 Å². The summed E-state index contributed by atoms with van der Waals surface area (Å²) in [7, 11) is 1.57. The predicted molar refractivity (Wildman–Crippen MR) is 111 cm³/mol. The first-order chi connectivity index (χ1) is 13.1. The molecule has 0 radical (unpaired) electrons. The lowest BCUT2D eigenvalue weighted by atomic mass is 10.1. The molecule has 4 aromatic rings. The van der Waals surface area contributed by atoms with Gasteiger partial charge < -0.3 is 10.1 Å². The van der Waals surface area contributed by atoms with E-state index < -0.39 is 0 Å². The number of anilines is 1. The Bertz CT molecular complexity index is 1090. The van der Waals surface area contributed by atoms with Crippen molar-refractivity contribution < 1.29 is 9.53 Å². The highest BCUT2D eigenvalue weighted by atomic mass is 35.5. The van der Waals surface area contributed by atoms with Crippen molar-refractivity contribution in [1.29, 1.82) is 0 Å². The summed E-state index contributed by atoms with van der Waals surface area (Å²) in [4.78, 5) is 17.2. The van der Waals surface area contributed by atoms with E-state index in [0.717, 1.165) is 20.8 Å². The zero-order valence-electron chi connectivity index (χ0n) is 14.4. The molecule has 134 valence electrons. The van der Waals surface area contributed by atoms with Crippen LogP contribution in [0.3, 0.4) is 0 Å². The van der Waals surface area contributed by atoms with E-state index in [9.17, 15) is 4.79 Å². The van der Waals surface area contributed by atoms with Crippen LogP contribution in [0.2, 0.25) is 5.02 Å². The summed E-state index contributed by atoms with van der Waals surface area (Å²) >= 11 is 7.50. The molecular weight excluding hydrogens is 380 g/mol. The van der Waals surface area contributed by atoms with Crippen LogP contribution in [0.15, 0.2) is 66.7 Å². The Kier molecular flexibility index (Phi) is 4.79. The normalized spacial score (nSPS) is 10.7. The largest absolute Gasteiger partial charge is 0.495 e. The molecule has 0 saturated heterocycles. The molecule has 4 nitrogen and oxygen atoms in total. The molecular formula is C21H15ClN2O2S.